The van der Waals surface area contributed by atoms with E-state index in [1.807, 2.05) is 18.3 Å². The van der Waals surface area contributed by atoms with Gasteiger partial charge in [-0.2, -0.15) is 0 Å². The molecule has 5 heteroatoms. The molecule has 0 radical (unpaired) electrons. The van der Waals surface area contributed by atoms with E-state index in [1.54, 1.807) is 0 Å². The van der Waals surface area contributed by atoms with E-state index in [2.05, 4.69) is 31.9 Å². The minimum absolute atomic E-state index is 0.270. The molecule has 0 amide bonds. The maximum Gasteiger partial charge on any atom is 0.0956 e. The van der Waals surface area contributed by atoms with Gasteiger partial charge in [0.25, 0.3) is 0 Å². The van der Waals surface area contributed by atoms with Gasteiger partial charge in [0.05, 0.1) is 11.2 Å². The Bertz CT molecular complexity index is 632. The molecule has 2 heterocycles. The second kappa shape index (κ2) is 5.58. The summed E-state index contributed by atoms with van der Waals surface area (Å²) < 4.78 is 0.938. The maximum atomic E-state index is 9.07. The molecule has 1 aliphatic rings. The van der Waals surface area contributed by atoms with Crippen LogP contribution in [0, 0.1) is 5.92 Å². The van der Waals surface area contributed by atoms with Gasteiger partial charge in [-0.3, -0.25) is 4.98 Å². The van der Waals surface area contributed by atoms with Crippen LogP contribution in [0.4, 0.5) is 11.4 Å². The fourth-order valence-corrected chi connectivity index (χ4v) is 3.26. The van der Waals surface area contributed by atoms with Crippen LogP contribution in [0.3, 0.4) is 0 Å². The van der Waals surface area contributed by atoms with Gasteiger partial charge in [0.15, 0.2) is 0 Å². The molecule has 1 saturated heterocycles. The first kappa shape index (κ1) is 13.6. The number of fused-ring (bicyclic) bond motifs is 1. The van der Waals surface area contributed by atoms with E-state index >= 15 is 0 Å². The number of pyridine rings is 1. The molecule has 1 aliphatic heterocycles. The van der Waals surface area contributed by atoms with Gasteiger partial charge in [-0.15, -0.1) is 0 Å². The largest absolute Gasteiger partial charge is 0.398 e. The highest BCUT2D eigenvalue weighted by Gasteiger charge is 2.24. The molecule has 106 valence electrons. The van der Waals surface area contributed by atoms with Crippen LogP contribution in [0.2, 0.25) is 0 Å². The van der Waals surface area contributed by atoms with Crippen molar-refractivity contribution in [2.24, 2.45) is 5.92 Å². The van der Waals surface area contributed by atoms with E-state index in [9.17, 15) is 0 Å². The number of hydrogen-bond donors (Lipinski definition) is 2. The summed E-state index contributed by atoms with van der Waals surface area (Å²) in [6.45, 7) is 2.27. The number of halogens is 1. The lowest BCUT2D eigenvalue weighted by Gasteiger charge is -2.20. The SMILES string of the molecule is Nc1ccc(N2CCC(CCO)C2)c2ncc(Br)cc12. The Labute approximate surface area is 126 Å². The highest BCUT2D eigenvalue weighted by atomic mass is 79.9. The molecule has 1 atom stereocenters. The molecular formula is C15H18BrN3O. The van der Waals surface area contributed by atoms with E-state index in [1.165, 1.54) is 0 Å². The van der Waals surface area contributed by atoms with Crippen LogP contribution >= 0.6 is 15.9 Å². The average Bonchev–Trinajstić information content (AvgIpc) is 2.89. The molecule has 4 nitrogen and oxygen atoms in total. The molecule has 0 spiro atoms. The summed E-state index contributed by atoms with van der Waals surface area (Å²) in [6, 6.07) is 6.02. The molecule has 0 saturated carbocycles. The monoisotopic (exact) mass is 335 g/mol. The number of aliphatic hydroxyl groups excluding tert-OH is 1. The van der Waals surface area contributed by atoms with Crippen LogP contribution in [0.15, 0.2) is 28.9 Å². The van der Waals surface area contributed by atoms with Crippen LogP contribution in [-0.2, 0) is 0 Å². The zero-order chi connectivity index (χ0) is 14.1. The third-order valence-corrected chi connectivity index (χ3v) is 4.43. The lowest BCUT2D eigenvalue weighted by Crippen LogP contribution is -2.20. The molecule has 1 aromatic heterocycles. The Kier molecular flexibility index (Phi) is 3.81. The lowest BCUT2D eigenvalue weighted by atomic mass is 10.1. The van der Waals surface area contributed by atoms with E-state index in [4.69, 9.17) is 10.8 Å². The molecule has 1 fully saturated rings. The lowest BCUT2D eigenvalue weighted by molar-refractivity contribution is 0.263. The molecule has 20 heavy (non-hydrogen) atoms. The number of aliphatic hydroxyl groups is 1. The quantitative estimate of drug-likeness (QED) is 0.846. The smallest absolute Gasteiger partial charge is 0.0956 e. The average molecular weight is 336 g/mol. The van der Waals surface area contributed by atoms with Gasteiger partial charge in [-0.25, -0.2) is 0 Å². The Morgan fingerprint density at radius 1 is 1.45 bits per heavy atom. The van der Waals surface area contributed by atoms with Gasteiger partial charge in [-0.1, -0.05) is 0 Å². The van der Waals surface area contributed by atoms with Crippen molar-refractivity contribution >= 4 is 38.2 Å². The number of benzene rings is 1. The summed E-state index contributed by atoms with van der Waals surface area (Å²) in [7, 11) is 0. The zero-order valence-electron chi connectivity index (χ0n) is 11.2. The summed E-state index contributed by atoms with van der Waals surface area (Å²) >= 11 is 3.45. The molecule has 3 N–H and O–H groups in total. The molecule has 1 aromatic carbocycles. The number of nitrogens with two attached hydrogens (primary N) is 1. The molecule has 0 aliphatic carbocycles. The van der Waals surface area contributed by atoms with Crippen LogP contribution < -0.4 is 10.6 Å². The highest BCUT2D eigenvalue weighted by Crippen LogP contribution is 2.34. The minimum Gasteiger partial charge on any atom is -0.398 e. The summed E-state index contributed by atoms with van der Waals surface area (Å²) in [4.78, 5) is 6.89. The second-order valence-electron chi connectivity index (χ2n) is 5.34. The van der Waals surface area contributed by atoms with E-state index in [0.29, 0.717) is 5.92 Å². The summed E-state index contributed by atoms with van der Waals surface area (Å²) in [6.07, 6.45) is 3.82. The van der Waals surface area contributed by atoms with Crippen molar-refractivity contribution in [3.05, 3.63) is 28.9 Å². The molecule has 1 unspecified atom stereocenters. The summed E-state index contributed by atoms with van der Waals surface area (Å²) in [5.74, 6) is 0.572. The number of aromatic nitrogens is 1. The molecule has 2 aromatic rings. The van der Waals surface area contributed by atoms with Crippen LogP contribution in [0.1, 0.15) is 12.8 Å². The highest BCUT2D eigenvalue weighted by molar-refractivity contribution is 9.10. The van der Waals surface area contributed by atoms with Crippen molar-refractivity contribution < 1.29 is 5.11 Å². The first-order chi connectivity index (χ1) is 9.69. The van der Waals surface area contributed by atoms with Gasteiger partial charge >= 0.3 is 0 Å². The van der Waals surface area contributed by atoms with Crippen molar-refractivity contribution in [3.8, 4) is 0 Å². The zero-order valence-corrected chi connectivity index (χ0v) is 12.8. The molecular weight excluding hydrogens is 318 g/mol. The molecule has 3 rings (SSSR count). The van der Waals surface area contributed by atoms with Crippen molar-refractivity contribution in [2.45, 2.75) is 12.8 Å². The van der Waals surface area contributed by atoms with Gasteiger partial charge in [-0.05, 0) is 52.9 Å². The Morgan fingerprint density at radius 3 is 3.10 bits per heavy atom. The molecule has 0 bridgehead atoms. The number of anilines is 2. The predicted molar refractivity (Wildman–Crippen MR) is 85.9 cm³/mol. The number of nitrogens with zero attached hydrogens (tertiary/aromatic N) is 2. The number of nitrogen functional groups attached to an aromatic ring is 1. The minimum atomic E-state index is 0.270. The van der Waals surface area contributed by atoms with E-state index < -0.39 is 0 Å². The van der Waals surface area contributed by atoms with Crippen LogP contribution in [-0.4, -0.2) is 29.8 Å². The maximum absolute atomic E-state index is 9.07. The van der Waals surface area contributed by atoms with Gasteiger partial charge in [0.2, 0.25) is 0 Å². The van der Waals surface area contributed by atoms with E-state index in [-0.39, 0.29) is 6.61 Å². The van der Waals surface area contributed by atoms with Gasteiger partial charge < -0.3 is 15.7 Å². The number of hydrogen-bond acceptors (Lipinski definition) is 4. The summed E-state index contributed by atoms with van der Waals surface area (Å²) in [5.41, 5.74) is 8.91. The third-order valence-electron chi connectivity index (χ3n) is 3.99. The Morgan fingerprint density at radius 2 is 2.30 bits per heavy atom. The van der Waals surface area contributed by atoms with Crippen molar-refractivity contribution in [2.75, 3.05) is 30.3 Å². The normalized spacial score (nSPS) is 18.9. The second-order valence-corrected chi connectivity index (χ2v) is 6.25. The fourth-order valence-electron chi connectivity index (χ4n) is 2.93. The Hall–Kier alpha value is -1.33. The van der Waals surface area contributed by atoms with Crippen molar-refractivity contribution in [1.82, 2.24) is 4.98 Å². The van der Waals surface area contributed by atoms with Gasteiger partial charge in [0.1, 0.15) is 0 Å². The summed E-state index contributed by atoms with van der Waals surface area (Å²) in [5, 5.41) is 10.1. The number of rotatable bonds is 3. The van der Waals surface area contributed by atoms with Gasteiger partial charge in [0, 0.05) is 41.4 Å². The fraction of sp³-hybridized carbons (Fsp3) is 0.400. The van der Waals surface area contributed by atoms with Crippen molar-refractivity contribution in [1.29, 1.82) is 0 Å². The first-order valence-electron chi connectivity index (χ1n) is 6.88. The third kappa shape index (κ3) is 2.47. The van der Waals surface area contributed by atoms with E-state index in [0.717, 1.165) is 52.7 Å². The Balaban J connectivity index is 1.98. The topological polar surface area (TPSA) is 62.4 Å². The van der Waals surface area contributed by atoms with Crippen LogP contribution in [0.5, 0.6) is 0 Å². The predicted octanol–water partition coefficient (Wildman–Crippen LogP) is 2.79. The van der Waals surface area contributed by atoms with Crippen LogP contribution in [0.25, 0.3) is 10.9 Å². The standard InChI is InChI=1S/C15H18BrN3O/c16-11-7-12-13(17)1-2-14(15(12)18-8-11)19-5-3-10(9-19)4-6-20/h1-2,7-8,10,20H,3-6,9,17H2. The first-order valence-corrected chi connectivity index (χ1v) is 7.68. The van der Waals surface area contributed by atoms with Crippen molar-refractivity contribution in [3.63, 3.8) is 0 Å².